The summed E-state index contributed by atoms with van der Waals surface area (Å²) in [5, 5.41) is 0. The second-order valence-corrected chi connectivity index (χ2v) is 5.86. The van der Waals surface area contributed by atoms with Gasteiger partial charge in [0, 0.05) is 36.0 Å². The van der Waals surface area contributed by atoms with E-state index in [0.29, 0.717) is 11.6 Å². The number of pyridine rings is 1. The van der Waals surface area contributed by atoms with Crippen molar-refractivity contribution in [3.8, 4) is 0 Å². The van der Waals surface area contributed by atoms with Gasteiger partial charge in [-0.15, -0.1) is 0 Å². The number of likely N-dealkylation sites (N-methyl/N-ethyl adjacent to an activating group) is 1. The van der Waals surface area contributed by atoms with E-state index in [1.54, 1.807) is 12.4 Å². The minimum absolute atomic E-state index is 0.0909. The first-order valence-corrected chi connectivity index (χ1v) is 6.93. The first-order chi connectivity index (χ1) is 8.58. The molecular formula is C13H18BrN3O. The van der Waals surface area contributed by atoms with Crippen molar-refractivity contribution >= 4 is 21.8 Å². The van der Waals surface area contributed by atoms with Gasteiger partial charge in [-0.2, -0.15) is 0 Å². The summed E-state index contributed by atoms with van der Waals surface area (Å²) in [5.41, 5.74) is 0.662. The van der Waals surface area contributed by atoms with Gasteiger partial charge in [0.2, 0.25) is 0 Å². The Labute approximate surface area is 116 Å². The monoisotopic (exact) mass is 311 g/mol. The molecular weight excluding hydrogens is 294 g/mol. The van der Waals surface area contributed by atoms with Crippen molar-refractivity contribution in [2.75, 3.05) is 27.2 Å². The summed E-state index contributed by atoms with van der Waals surface area (Å²) in [6.45, 7) is 1.77. The molecule has 0 aromatic carbocycles. The molecule has 1 aromatic rings. The third-order valence-corrected chi connectivity index (χ3v) is 3.60. The molecule has 0 saturated carbocycles. The Morgan fingerprint density at radius 3 is 3.00 bits per heavy atom. The van der Waals surface area contributed by atoms with E-state index in [1.807, 2.05) is 25.1 Å². The average molecular weight is 312 g/mol. The summed E-state index contributed by atoms with van der Waals surface area (Å²) in [5.74, 6) is 0.0909. The highest BCUT2D eigenvalue weighted by Gasteiger charge is 2.29. The largest absolute Gasteiger partial charge is 0.334 e. The van der Waals surface area contributed by atoms with Gasteiger partial charge in [-0.1, -0.05) is 0 Å². The first-order valence-electron chi connectivity index (χ1n) is 6.14. The second-order valence-electron chi connectivity index (χ2n) is 4.95. The summed E-state index contributed by atoms with van der Waals surface area (Å²) < 4.78 is 0.844. The van der Waals surface area contributed by atoms with Crippen LogP contribution in [-0.4, -0.2) is 53.9 Å². The van der Waals surface area contributed by atoms with E-state index in [2.05, 4.69) is 25.8 Å². The maximum Gasteiger partial charge on any atom is 0.255 e. The quantitative estimate of drug-likeness (QED) is 0.857. The Balaban J connectivity index is 2.12. The van der Waals surface area contributed by atoms with Gasteiger partial charge < -0.3 is 9.80 Å². The van der Waals surface area contributed by atoms with Gasteiger partial charge in [-0.25, -0.2) is 0 Å². The fourth-order valence-electron chi connectivity index (χ4n) is 2.41. The number of likely N-dealkylation sites (tertiary alicyclic amines) is 1. The smallest absolute Gasteiger partial charge is 0.255 e. The molecule has 2 heterocycles. The molecule has 0 bridgehead atoms. The molecule has 1 aliphatic heterocycles. The van der Waals surface area contributed by atoms with E-state index < -0.39 is 0 Å². The normalized spacial score (nSPS) is 19.6. The van der Waals surface area contributed by atoms with Gasteiger partial charge in [-0.3, -0.25) is 9.78 Å². The lowest BCUT2D eigenvalue weighted by Gasteiger charge is -2.27. The molecule has 2 rings (SSSR count). The number of aromatic nitrogens is 1. The first kappa shape index (κ1) is 13.5. The van der Waals surface area contributed by atoms with Crippen LogP contribution >= 0.6 is 15.9 Å². The van der Waals surface area contributed by atoms with E-state index >= 15 is 0 Å². The standard InChI is InChI=1S/C13H18BrN3O/c1-16(2)9-12-4-3-5-17(12)13(18)10-6-11(14)8-15-7-10/h6-8,12H,3-5,9H2,1-2H3. The van der Waals surface area contributed by atoms with Crippen LogP contribution in [0.15, 0.2) is 22.9 Å². The van der Waals surface area contributed by atoms with Gasteiger partial charge in [0.25, 0.3) is 5.91 Å². The maximum absolute atomic E-state index is 12.4. The molecule has 1 saturated heterocycles. The van der Waals surface area contributed by atoms with Crippen LogP contribution in [0.4, 0.5) is 0 Å². The fraction of sp³-hybridized carbons (Fsp3) is 0.538. The van der Waals surface area contributed by atoms with Crippen molar-refractivity contribution in [3.05, 3.63) is 28.5 Å². The molecule has 1 aliphatic rings. The van der Waals surface area contributed by atoms with Crippen LogP contribution < -0.4 is 0 Å². The van der Waals surface area contributed by atoms with Gasteiger partial charge in [0.05, 0.1) is 5.56 Å². The number of carbonyl (C=O) groups is 1. The molecule has 0 radical (unpaired) electrons. The zero-order chi connectivity index (χ0) is 13.1. The SMILES string of the molecule is CN(C)CC1CCCN1C(=O)c1cncc(Br)c1. The van der Waals surface area contributed by atoms with Crippen LogP contribution in [0.25, 0.3) is 0 Å². The fourth-order valence-corrected chi connectivity index (χ4v) is 2.77. The number of amides is 1. The predicted octanol–water partition coefficient (Wildman–Crippen LogP) is 2.01. The zero-order valence-corrected chi connectivity index (χ0v) is 12.4. The van der Waals surface area contributed by atoms with Crippen molar-refractivity contribution in [3.63, 3.8) is 0 Å². The van der Waals surface area contributed by atoms with E-state index in [-0.39, 0.29) is 5.91 Å². The molecule has 0 aliphatic carbocycles. The molecule has 1 amide bonds. The lowest BCUT2D eigenvalue weighted by atomic mass is 10.2. The average Bonchev–Trinajstić information content (AvgIpc) is 2.75. The minimum atomic E-state index is 0.0909. The molecule has 1 unspecified atom stereocenters. The minimum Gasteiger partial charge on any atom is -0.334 e. The molecule has 1 fully saturated rings. The Morgan fingerprint density at radius 1 is 1.56 bits per heavy atom. The molecule has 1 aromatic heterocycles. The molecule has 1 atom stereocenters. The third-order valence-electron chi connectivity index (χ3n) is 3.17. The van der Waals surface area contributed by atoms with Gasteiger partial charge in [0.15, 0.2) is 0 Å². The second kappa shape index (κ2) is 5.80. The van der Waals surface area contributed by atoms with Crippen LogP contribution in [0.5, 0.6) is 0 Å². The number of nitrogens with zero attached hydrogens (tertiary/aromatic N) is 3. The summed E-state index contributed by atoms with van der Waals surface area (Å²) in [4.78, 5) is 20.6. The summed E-state index contributed by atoms with van der Waals surface area (Å²) >= 11 is 3.35. The summed E-state index contributed by atoms with van der Waals surface area (Å²) in [6.07, 6.45) is 5.51. The Bertz CT molecular complexity index is 436. The van der Waals surface area contributed by atoms with Crippen LogP contribution in [0.2, 0.25) is 0 Å². The Hall–Kier alpha value is -0.940. The van der Waals surface area contributed by atoms with Crippen molar-refractivity contribution in [1.82, 2.24) is 14.8 Å². The van der Waals surface area contributed by atoms with Crippen LogP contribution in [-0.2, 0) is 0 Å². The van der Waals surface area contributed by atoms with Crippen molar-refractivity contribution in [2.45, 2.75) is 18.9 Å². The van der Waals surface area contributed by atoms with Crippen molar-refractivity contribution in [1.29, 1.82) is 0 Å². The highest BCUT2D eigenvalue weighted by Crippen LogP contribution is 2.21. The van der Waals surface area contributed by atoms with E-state index in [0.717, 1.165) is 30.4 Å². The van der Waals surface area contributed by atoms with Gasteiger partial charge in [-0.05, 0) is 48.9 Å². The highest BCUT2D eigenvalue weighted by molar-refractivity contribution is 9.10. The molecule has 4 nitrogen and oxygen atoms in total. The highest BCUT2D eigenvalue weighted by atomic mass is 79.9. The number of hydrogen-bond donors (Lipinski definition) is 0. The molecule has 0 N–H and O–H groups in total. The van der Waals surface area contributed by atoms with Crippen LogP contribution in [0, 0.1) is 0 Å². The van der Waals surface area contributed by atoms with Crippen LogP contribution in [0.3, 0.4) is 0 Å². The van der Waals surface area contributed by atoms with E-state index in [1.165, 1.54) is 0 Å². The molecule has 5 heteroatoms. The molecule has 0 spiro atoms. The van der Waals surface area contributed by atoms with E-state index in [4.69, 9.17) is 0 Å². The van der Waals surface area contributed by atoms with Gasteiger partial charge >= 0.3 is 0 Å². The number of rotatable bonds is 3. The predicted molar refractivity (Wildman–Crippen MR) is 74.5 cm³/mol. The number of carbonyl (C=O) groups excluding carboxylic acids is 1. The van der Waals surface area contributed by atoms with Crippen molar-refractivity contribution in [2.24, 2.45) is 0 Å². The topological polar surface area (TPSA) is 36.4 Å². The number of halogens is 1. The molecule has 98 valence electrons. The summed E-state index contributed by atoms with van der Waals surface area (Å²) in [7, 11) is 4.09. The Morgan fingerprint density at radius 2 is 2.33 bits per heavy atom. The van der Waals surface area contributed by atoms with Gasteiger partial charge in [0.1, 0.15) is 0 Å². The molecule has 18 heavy (non-hydrogen) atoms. The van der Waals surface area contributed by atoms with E-state index in [9.17, 15) is 4.79 Å². The van der Waals surface area contributed by atoms with Crippen LogP contribution in [0.1, 0.15) is 23.2 Å². The Kier molecular flexibility index (Phi) is 4.35. The third kappa shape index (κ3) is 3.09. The lowest BCUT2D eigenvalue weighted by molar-refractivity contribution is 0.0716. The maximum atomic E-state index is 12.4. The zero-order valence-electron chi connectivity index (χ0n) is 10.8. The van der Waals surface area contributed by atoms with Crippen molar-refractivity contribution < 1.29 is 4.79 Å². The summed E-state index contributed by atoms with van der Waals surface area (Å²) in [6, 6.07) is 2.16. The number of hydrogen-bond acceptors (Lipinski definition) is 3. The lowest BCUT2D eigenvalue weighted by Crippen LogP contribution is -2.41.